The van der Waals surface area contributed by atoms with Crippen molar-refractivity contribution in [3.8, 4) is 11.4 Å². The summed E-state index contributed by atoms with van der Waals surface area (Å²) in [5.74, 6) is 0.308. The Kier molecular flexibility index (Phi) is 7.28. The number of carboxylic acid groups (broad SMARTS) is 1. The van der Waals surface area contributed by atoms with E-state index in [4.69, 9.17) is 14.4 Å². The van der Waals surface area contributed by atoms with Crippen molar-refractivity contribution in [2.45, 2.75) is 26.3 Å². The second kappa shape index (κ2) is 10.4. The van der Waals surface area contributed by atoms with Gasteiger partial charge in [-0.2, -0.15) is 4.98 Å². The molecule has 1 N–H and O–H groups in total. The normalized spacial score (nSPS) is 19.7. The van der Waals surface area contributed by atoms with Gasteiger partial charge < -0.3 is 14.4 Å². The number of carbonyl (C=O) groups is 1. The van der Waals surface area contributed by atoms with Gasteiger partial charge in [-0.05, 0) is 36.7 Å². The van der Waals surface area contributed by atoms with Crippen molar-refractivity contribution in [3.05, 3.63) is 89.3 Å². The van der Waals surface area contributed by atoms with Gasteiger partial charge >= 0.3 is 5.97 Å². The molecule has 1 heterocycles. The summed E-state index contributed by atoms with van der Waals surface area (Å²) < 4.78 is 11.2. The third kappa shape index (κ3) is 5.58. The second-order valence-electron chi connectivity index (χ2n) is 9.42. The molecule has 4 rings (SSSR count). The number of nitrogens with zero attached hydrogens (tertiary/aromatic N) is 3. The van der Waals surface area contributed by atoms with Gasteiger partial charge in [0.15, 0.2) is 0 Å². The predicted molar refractivity (Wildman–Crippen MR) is 135 cm³/mol. The molecule has 35 heavy (non-hydrogen) atoms. The number of aliphatic carboxylic acids is 1. The summed E-state index contributed by atoms with van der Waals surface area (Å²) in [4.78, 5) is 17.4. The number of methoxy groups -OCH3 is 1. The van der Waals surface area contributed by atoms with Crippen LogP contribution in [0.1, 0.15) is 35.4 Å². The van der Waals surface area contributed by atoms with Crippen LogP contribution in [0, 0.1) is 12.3 Å². The Labute approximate surface area is 205 Å². The first kappa shape index (κ1) is 24.6. The lowest BCUT2D eigenvalue weighted by molar-refractivity contribution is -0.138. The van der Waals surface area contributed by atoms with Gasteiger partial charge in [-0.25, -0.2) is 0 Å². The first-order valence-electron chi connectivity index (χ1n) is 11.6. The number of ether oxygens (including phenoxy) is 1. The van der Waals surface area contributed by atoms with Crippen LogP contribution in [-0.2, 0) is 16.1 Å². The number of benzene rings is 2. The smallest absolute Gasteiger partial charge is 0.317 e. The van der Waals surface area contributed by atoms with Gasteiger partial charge in [0, 0.05) is 36.1 Å². The van der Waals surface area contributed by atoms with Crippen molar-refractivity contribution in [1.29, 1.82) is 0 Å². The van der Waals surface area contributed by atoms with Crippen molar-refractivity contribution in [3.63, 3.8) is 0 Å². The molecule has 1 aliphatic rings. The molecule has 2 atom stereocenters. The maximum absolute atomic E-state index is 10.9. The fourth-order valence-corrected chi connectivity index (χ4v) is 4.69. The molecule has 0 amide bonds. The molecular formula is C28H31N3O4. The molecular weight excluding hydrogens is 442 g/mol. The van der Waals surface area contributed by atoms with E-state index in [0.717, 1.165) is 22.3 Å². The van der Waals surface area contributed by atoms with Crippen LogP contribution >= 0.6 is 0 Å². The second-order valence-corrected chi connectivity index (χ2v) is 9.42. The standard InChI is InChI=1S/C28H31N3O4/c1-19-14-21(10-11-23(19)16-31(3)17-25(32)33)26-29-27(35-30-26)22-12-13-24(20-8-6-5-7-9-20)28(2,15-22)18-34-4/h5-15,24H,16-18H2,1-4H3,(H,32,33). The van der Waals surface area contributed by atoms with E-state index in [-0.39, 0.29) is 17.9 Å². The first-order chi connectivity index (χ1) is 16.8. The lowest BCUT2D eigenvalue weighted by Gasteiger charge is -2.36. The largest absolute Gasteiger partial charge is 0.480 e. The number of allylic oxidation sites excluding steroid dienone is 3. The minimum Gasteiger partial charge on any atom is -0.480 e. The van der Waals surface area contributed by atoms with Gasteiger partial charge in [-0.3, -0.25) is 9.69 Å². The van der Waals surface area contributed by atoms with Crippen LogP contribution in [0.15, 0.2) is 71.3 Å². The zero-order chi connectivity index (χ0) is 25.0. The average molecular weight is 474 g/mol. The molecule has 182 valence electrons. The fraction of sp³-hybridized carbons (Fsp3) is 0.321. The van der Waals surface area contributed by atoms with Crippen molar-refractivity contribution in [1.82, 2.24) is 15.0 Å². The Balaban J connectivity index is 1.56. The molecule has 1 aromatic heterocycles. The fourth-order valence-electron chi connectivity index (χ4n) is 4.69. The van der Waals surface area contributed by atoms with Crippen molar-refractivity contribution >= 4 is 11.5 Å². The molecule has 0 fully saturated rings. The van der Waals surface area contributed by atoms with Crippen LogP contribution in [0.2, 0.25) is 0 Å². The highest BCUT2D eigenvalue weighted by Crippen LogP contribution is 2.44. The Morgan fingerprint density at radius 1 is 1.23 bits per heavy atom. The van der Waals surface area contributed by atoms with Crippen LogP contribution in [-0.4, -0.2) is 53.4 Å². The van der Waals surface area contributed by atoms with E-state index in [0.29, 0.717) is 24.9 Å². The Morgan fingerprint density at radius 3 is 2.69 bits per heavy atom. The number of rotatable bonds is 9. The number of aryl methyl sites for hydroxylation is 1. The molecule has 2 unspecified atom stereocenters. The van der Waals surface area contributed by atoms with Crippen LogP contribution < -0.4 is 0 Å². The Hall–Kier alpha value is -3.55. The van der Waals surface area contributed by atoms with Gasteiger partial charge in [0.25, 0.3) is 5.89 Å². The maximum Gasteiger partial charge on any atom is 0.317 e. The minimum atomic E-state index is -0.844. The van der Waals surface area contributed by atoms with E-state index >= 15 is 0 Å². The molecule has 2 aromatic carbocycles. The number of likely N-dealkylation sites (N-methyl/N-ethyl adjacent to an activating group) is 1. The molecule has 1 aliphatic carbocycles. The molecule has 0 saturated carbocycles. The zero-order valence-corrected chi connectivity index (χ0v) is 20.6. The summed E-state index contributed by atoms with van der Waals surface area (Å²) in [5.41, 5.74) is 4.79. The van der Waals surface area contributed by atoms with Gasteiger partial charge in [0.05, 0.1) is 13.2 Å². The molecule has 0 saturated heterocycles. The topological polar surface area (TPSA) is 88.7 Å². The van der Waals surface area contributed by atoms with Gasteiger partial charge in [-0.1, -0.05) is 72.8 Å². The van der Waals surface area contributed by atoms with E-state index < -0.39 is 5.97 Å². The van der Waals surface area contributed by atoms with Crippen LogP contribution in [0.4, 0.5) is 0 Å². The summed E-state index contributed by atoms with van der Waals surface area (Å²) in [6.07, 6.45) is 6.39. The Bertz CT molecular complexity index is 1250. The van der Waals surface area contributed by atoms with E-state index in [1.807, 2.05) is 37.3 Å². The summed E-state index contributed by atoms with van der Waals surface area (Å²) in [5, 5.41) is 13.2. The SMILES string of the molecule is COCC1(C)C=C(c2nc(-c3ccc(CN(C)CC(=O)O)c(C)c3)no2)C=CC1c1ccccc1. The highest BCUT2D eigenvalue weighted by Gasteiger charge is 2.35. The van der Waals surface area contributed by atoms with Crippen molar-refractivity contribution < 1.29 is 19.2 Å². The molecule has 3 aromatic rings. The lowest BCUT2D eigenvalue weighted by Crippen LogP contribution is -2.29. The average Bonchev–Trinajstić information content (AvgIpc) is 3.31. The van der Waals surface area contributed by atoms with Crippen LogP contribution in [0.3, 0.4) is 0 Å². The summed E-state index contributed by atoms with van der Waals surface area (Å²) in [6.45, 7) is 5.27. The molecule has 0 aliphatic heterocycles. The third-order valence-corrected chi connectivity index (χ3v) is 6.40. The van der Waals surface area contributed by atoms with Gasteiger partial charge in [0.2, 0.25) is 5.82 Å². The molecule has 0 bridgehead atoms. The molecule has 7 nitrogen and oxygen atoms in total. The number of hydrogen-bond donors (Lipinski definition) is 1. The number of aromatic nitrogens is 2. The highest BCUT2D eigenvalue weighted by molar-refractivity contribution is 5.73. The predicted octanol–water partition coefficient (Wildman–Crippen LogP) is 4.95. The quantitative estimate of drug-likeness (QED) is 0.470. The van der Waals surface area contributed by atoms with Crippen molar-refractivity contribution in [2.75, 3.05) is 27.3 Å². The summed E-state index contributed by atoms with van der Waals surface area (Å²) >= 11 is 0. The zero-order valence-electron chi connectivity index (χ0n) is 20.6. The monoisotopic (exact) mass is 473 g/mol. The van der Waals surface area contributed by atoms with E-state index in [1.165, 1.54) is 5.56 Å². The van der Waals surface area contributed by atoms with E-state index in [1.54, 1.807) is 19.1 Å². The van der Waals surface area contributed by atoms with Crippen LogP contribution in [0.5, 0.6) is 0 Å². The maximum atomic E-state index is 10.9. The third-order valence-electron chi connectivity index (χ3n) is 6.40. The lowest BCUT2D eigenvalue weighted by atomic mass is 9.70. The van der Waals surface area contributed by atoms with Crippen LogP contribution in [0.25, 0.3) is 17.0 Å². The summed E-state index contributed by atoms with van der Waals surface area (Å²) in [6, 6.07) is 16.3. The molecule has 0 spiro atoms. The highest BCUT2D eigenvalue weighted by atomic mass is 16.5. The summed E-state index contributed by atoms with van der Waals surface area (Å²) in [7, 11) is 3.51. The first-order valence-corrected chi connectivity index (χ1v) is 11.6. The minimum absolute atomic E-state index is 0.00879. The Morgan fingerprint density at radius 2 is 2.00 bits per heavy atom. The molecule has 7 heteroatoms. The van der Waals surface area contributed by atoms with Crippen molar-refractivity contribution in [2.24, 2.45) is 5.41 Å². The van der Waals surface area contributed by atoms with E-state index in [9.17, 15) is 4.79 Å². The number of hydrogen-bond acceptors (Lipinski definition) is 6. The molecule has 0 radical (unpaired) electrons. The van der Waals surface area contributed by atoms with E-state index in [2.05, 4.69) is 53.5 Å². The van der Waals surface area contributed by atoms with Gasteiger partial charge in [-0.15, -0.1) is 0 Å². The number of carboxylic acids is 1. The van der Waals surface area contributed by atoms with Gasteiger partial charge in [0.1, 0.15) is 0 Å².